The van der Waals surface area contributed by atoms with Gasteiger partial charge in [0.15, 0.2) is 0 Å². The fourth-order valence-corrected chi connectivity index (χ4v) is 1.20. The third kappa shape index (κ3) is 2.39. The molecule has 13 heavy (non-hydrogen) atoms. The molecule has 0 saturated heterocycles. The minimum absolute atomic E-state index is 0.423. The van der Waals surface area contributed by atoms with E-state index in [9.17, 15) is 8.78 Å². The lowest BCUT2D eigenvalue weighted by atomic mass is 10.1. The first-order valence-electron chi connectivity index (χ1n) is 3.93. The molecule has 0 bridgehead atoms. The van der Waals surface area contributed by atoms with E-state index in [1.165, 1.54) is 12.1 Å². The van der Waals surface area contributed by atoms with E-state index in [0.717, 1.165) is 0 Å². The summed E-state index contributed by atoms with van der Waals surface area (Å²) >= 11 is 5.39. The van der Waals surface area contributed by atoms with Gasteiger partial charge in [0.2, 0.25) is 0 Å². The van der Waals surface area contributed by atoms with Crippen molar-refractivity contribution in [3.05, 3.63) is 34.4 Å². The Morgan fingerprint density at radius 1 is 1.38 bits per heavy atom. The maximum atomic E-state index is 13.2. The number of halogens is 3. The van der Waals surface area contributed by atoms with Gasteiger partial charge in [-0.3, -0.25) is 0 Å². The van der Waals surface area contributed by atoms with Crippen LogP contribution in [0.5, 0.6) is 0 Å². The van der Waals surface area contributed by atoms with Gasteiger partial charge in [-0.2, -0.15) is 0 Å². The summed E-state index contributed by atoms with van der Waals surface area (Å²) in [4.78, 5) is 0. The zero-order chi connectivity index (χ0) is 9.84. The number of likely N-dealkylation sites (N-methyl/N-ethyl adjacent to an activating group) is 1. The first-order valence-corrected chi connectivity index (χ1v) is 4.31. The van der Waals surface area contributed by atoms with Crippen molar-refractivity contribution in [1.82, 2.24) is 5.32 Å². The normalized spacial score (nSPS) is 10.5. The van der Waals surface area contributed by atoms with Gasteiger partial charge in [-0.05, 0) is 31.6 Å². The molecule has 0 aromatic heterocycles. The van der Waals surface area contributed by atoms with Crippen molar-refractivity contribution in [2.45, 2.75) is 6.42 Å². The Morgan fingerprint density at radius 2 is 2.08 bits per heavy atom. The van der Waals surface area contributed by atoms with Gasteiger partial charge < -0.3 is 5.32 Å². The average Bonchev–Trinajstić information content (AvgIpc) is 2.13. The zero-order valence-electron chi connectivity index (χ0n) is 7.20. The predicted molar refractivity (Wildman–Crippen MR) is 49.0 cm³/mol. The van der Waals surface area contributed by atoms with Gasteiger partial charge in [0, 0.05) is 0 Å². The quantitative estimate of drug-likeness (QED) is 0.748. The number of nitrogens with one attached hydrogen (secondary N) is 1. The lowest BCUT2D eigenvalue weighted by Gasteiger charge is -2.04. The van der Waals surface area contributed by atoms with Gasteiger partial charge in [0.05, 0.1) is 0 Å². The molecule has 0 amide bonds. The van der Waals surface area contributed by atoms with E-state index in [2.05, 4.69) is 5.32 Å². The highest BCUT2D eigenvalue weighted by atomic mass is 35.5. The summed E-state index contributed by atoms with van der Waals surface area (Å²) in [5.41, 5.74) is 0.431. The Labute approximate surface area is 80.7 Å². The fraction of sp³-hybridized carbons (Fsp3) is 0.333. The highest BCUT2D eigenvalue weighted by Crippen LogP contribution is 2.21. The standard InChI is InChI=1S/C9H10ClF2N/c1-13-5-4-6-2-3-7(11)8(10)9(6)12/h2-3,13H,4-5H2,1H3. The van der Waals surface area contributed by atoms with E-state index in [4.69, 9.17) is 11.6 Å². The Kier molecular flexibility index (Phi) is 3.63. The molecule has 1 rings (SSSR count). The summed E-state index contributed by atoms with van der Waals surface area (Å²) in [7, 11) is 1.77. The first-order chi connectivity index (χ1) is 6.16. The molecular weight excluding hydrogens is 196 g/mol. The third-order valence-electron chi connectivity index (χ3n) is 1.76. The lowest BCUT2D eigenvalue weighted by Crippen LogP contribution is -2.11. The van der Waals surface area contributed by atoms with Gasteiger partial charge in [0.1, 0.15) is 16.7 Å². The van der Waals surface area contributed by atoms with Crippen molar-refractivity contribution in [1.29, 1.82) is 0 Å². The van der Waals surface area contributed by atoms with Gasteiger partial charge in [-0.25, -0.2) is 8.78 Å². The molecule has 0 spiro atoms. The van der Waals surface area contributed by atoms with Gasteiger partial charge in [-0.1, -0.05) is 17.7 Å². The Hall–Kier alpha value is -0.670. The molecule has 0 fully saturated rings. The SMILES string of the molecule is CNCCc1ccc(F)c(Cl)c1F. The summed E-state index contributed by atoms with van der Waals surface area (Å²) < 4.78 is 25.9. The molecule has 1 aromatic rings. The second-order valence-corrected chi connectivity index (χ2v) is 3.07. The molecule has 0 atom stereocenters. The van der Waals surface area contributed by atoms with E-state index >= 15 is 0 Å². The van der Waals surface area contributed by atoms with Crippen LogP contribution in [0.15, 0.2) is 12.1 Å². The van der Waals surface area contributed by atoms with Crippen LogP contribution in [0.4, 0.5) is 8.78 Å². The van der Waals surface area contributed by atoms with Crippen LogP contribution in [0.3, 0.4) is 0 Å². The second kappa shape index (κ2) is 4.53. The van der Waals surface area contributed by atoms with E-state index in [-0.39, 0.29) is 0 Å². The highest BCUT2D eigenvalue weighted by molar-refractivity contribution is 6.30. The summed E-state index contributed by atoms with van der Waals surface area (Å²) in [6.45, 7) is 0.638. The molecule has 0 heterocycles. The average molecular weight is 206 g/mol. The smallest absolute Gasteiger partial charge is 0.148 e. The maximum Gasteiger partial charge on any atom is 0.148 e. The number of hydrogen-bond donors (Lipinski definition) is 1. The van der Waals surface area contributed by atoms with Crippen LogP contribution in [0.2, 0.25) is 5.02 Å². The molecule has 0 aliphatic heterocycles. The number of benzene rings is 1. The van der Waals surface area contributed by atoms with Gasteiger partial charge >= 0.3 is 0 Å². The predicted octanol–water partition coefficient (Wildman–Crippen LogP) is 2.38. The third-order valence-corrected chi connectivity index (χ3v) is 2.11. The van der Waals surface area contributed by atoms with Crippen LogP contribution < -0.4 is 5.32 Å². The van der Waals surface area contributed by atoms with Gasteiger partial charge in [-0.15, -0.1) is 0 Å². The van der Waals surface area contributed by atoms with Crippen LogP contribution in [0, 0.1) is 11.6 Å². The monoisotopic (exact) mass is 205 g/mol. The van der Waals surface area contributed by atoms with Crippen molar-refractivity contribution in [3.8, 4) is 0 Å². The molecule has 1 aromatic carbocycles. The summed E-state index contributed by atoms with van der Waals surface area (Å²) in [5, 5.41) is 2.45. The van der Waals surface area contributed by atoms with Crippen molar-refractivity contribution in [3.63, 3.8) is 0 Å². The molecule has 0 saturated carbocycles. The van der Waals surface area contributed by atoms with Crippen molar-refractivity contribution in [2.24, 2.45) is 0 Å². The molecule has 72 valence electrons. The molecule has 0 aliphatic rings. The van der Waals surface area contributed by atoms with Crippen molar-refractivity contribution in [2.75, 3.05) is 13.6 Å². The van der Waals surface area contributed by atoms with Crippen LogP contribution >= 0.6 is 11.6 Å². The van der Waals surface area contributed by atoms with Crippen LogP contribution in [-0.4, -0.2) is 13.6 Å². The molecule has 0 aliphatic carbocycles. The van der Waals surface area contributed by atoms with E-state index < -0.39 is 16.7 Å². The molecule has 1 N–H and O–H groups in total. The highest BCUT2D eigenvalue weighted by Gasteiger charge is 2.10. The summed E-state index contributed by atoms with van der Waals surface area (Å²) in [6, 6.07) is 2.59. The second-order valence-electron chi connectivity index (χ2n) is 2.69. The van der Waals surface area contributed by atoms with Crippen molar-refractivity contribution < 1.29 is 8.78 Å². The lowest BCUT2D eigenvalue weighted by molar-refractivity contribution is 0.570. The first kappa shape index (κ1) is 10.4. The Balaban J connectivity index is 2.90. The van der Waals surface area contributed by atoms with Crippen LogP contribution in [-0.2, 0) is 6.42 Å². The maximum absolute atomic E-state index is 13.2. The molecule has 1 nitrogen and oxygen atoms in total. The van der Waals surface area contributed by atoms with Crippen LogP contribution in [0.1, 0.15) is 5.56 Å². The summed E-state index contributed by atoms with van der Waals surface area (Å²) in [6.07, 6.45) is 0.502. The largest absolute Gasteiger partial charge is 0.319 e. The summed E-state index contributed by atoms with van der Waals surface area (Å²) in [5.74, 6) is -1.37. The van der Waals surface area contributed by atoms with Gasteiger partial charge in [0.25, 0.3) is 0 Å². The van der Waals surface area contributed by atoms with E-state index in [1.807, 2.05) is 0 Å². The molecule has 4 heteroatoms. The minimum Gasteiger partial charge on any atom is -0.319 e. The van der Waals surface area contributed by atoms with E-state index in [1.54, 1.807) is 7.05 Å². The molecule has 0 unspecified atom stereocenters. The minimum atomic E-state index is -0.715. The Morgan fingerprint density at radius 3 is 2.69 bits per heavy atom. The number of hydrogen-bond acceptors (Lipinski definition) is 1. The van der Waals surface area contributed by atoms with Crippen molar-refractivity contribution >= 4 is 11.6 Å². The van der Waals surface area contributed by atoms with E-state index in [0.29, 0.717) is 18.5 Å². The number of rotatable bonds is 3. The Bertz CT molecular complexity index is 302. The fourth-order valence-electron chi connectivity index (χ4n) is 1.02. The zero-order valence-corrected chi connectivity index (χ0v) is 7.96. The van der Waals surface area contributed by atoms with Crippen LogP contribution in [0.25, 0.3) is 0 Å². The topological polar surface area (TPSA) is 12.0 Å². The molecular formula is C9H10ClF2N. The molecule has 0 radical (unpaired) electrons.